The number of aryl methyl sites for hydroxylation is 2. The van der Waals surface area contributed by atoms with E-state index in [2.05, 4.69) is 21.8 Å². The Balaban J connectivity index is 2.04. The molecule has 0 aliphatic rings. The molecule has 1 aromatic carbocycles. The maximum atomic E-state index is 13.6. The van der Waals surface area contributed by atoms with Gasteiger partial charge in [-0.25, -0.2) is 8.78 Å². The fourth-order valence-corrected chi connectivity index (χ4v) is 2.78. The molecule has 0 radical (unpaired) electrons. The minimum atomic E-state index is -0.794. The van der Waals surface area contributed by atoms with Gasteiger partial charge in [-0.05, 0) is 31.9 Å². The van der Waals surface area contributed by atoms with Gasteiger partial charge in [-0.2, -0.15) is 0 Å². The van der Waals surface area contributed by atoms with E-state index in [9.17, 15) is 18.4 Å². The van der Waals surface area contributed by atoms with Crippen LogP contribution in [-0.4, -0.2) is 9.97 Å². The van der Waals surface area contributed by atoms with E-state index in [1.54, 1.807) is 13.8 Å². The van der Waals surface area contributed by atoms with E-state index >= 15 is 0 Å². The minimum Gasteiger partial charge on any atom is -0.361 e. The number of nitrogens with one attached hydrogen (secondary N) is 2. The van der Waals surface area contributed by atoms with Gasteiger partial charge in [-0.3, -0.25) is 9.59 Å². The Hall–Kier alpha value is -3.17. The molecule has 7 heteroatoms. The molecule has 0 atom stereocenters. The summed E-state index contributed by atoms with van der Waals surface area (Å²) >= 11 is 5.99. The topological polar surface area (TPSA) is 65.7 Å². The minimum absolute atomic E-state index is 0.000990. The van der Waals surface area contributed by atoms with Gasteiger partial charge >= 0.3 is 0 Å². The molecular formula is C20H13ClF2N2O2. The number of H-pyrrole nitrogens is 2. The van der Waals surface area contributed by atoms with E-state index in [-0.39, 0.29) is 27.4 Å². The largest absolute Gasteiger partial charge is 0.361 e. The average Bonchev–Trinajstić information content (AvgIpc) is 2.60. The maximum Gasteiger partial charge on any atom is 0.208 e. The Morgan fingerprint density at radius 1 is 1.04 bits per heavy atom. The van der Waals surface area contributed by atoms with Crippen molar-refractivity contribution in [2.75, 3.05) is 0 Å². The Bertz CT molecular complexity index is 1230. The van der Waals surface area contributed by atoms with Crippen LogP contribution >= 0.6 is 11.6 Å². The van der Waals surface area contributed by atoms with Gasteiger partial charge in [0, 0.05) is 29.7 Å². The molecule has 0 saturated carbocycles. The highest BCUT2D eigenvalue weighted by Gasteiger charge is 2.15. The Labute approximate surface area is 157 Å². The van der Waals surface area contributed by atoms with Gasteiger partial charge in [-0.1, -0.05) is 17.5 Å². The maximum absolute atomic E-state index is 13.6. The highest BCUT2D eigenvalue weighted by Crippen LogP contribution is 2.19. The van der Waals surface area contributed by atoms with Crippen LogP contribution in [0.2, 0.25) is 5.02 Å². The van der Waals surface area contributed by atoms with E-state index in [0.29, 0.717) is 11.4 Å². The van der Waals surface area contributed by atoms with Gasteiger partial charge in [0.05, 0.1) is 22.4 Å². The number of hydrogen-bond acceptors (Lipinski definition) is 2. The normalized spacial score (nSPS) is 10.4. The predicted molar refractivity (Wildman–Crippen MR) is 99.9 cm³/mol. The summed E-state index contributed by atoms with van der Waals surface area (Å²) < 4.78 is 26.5. The van der Waals surface area contributed by atoms with Gasteiger partial charge < -0.3 is 9.97 Å². The number of benzene rings is 1. The number of hydrogen-bond donors (Lipinski definition) is 2. The third-order valence-corrected chi connectivity index (χ3v) is 4.41. The van der Waals surface area contributed by atoms with Gasteiger partial charge in [0.2, 0.25) is 5.43 Å². The Morgan fingerprint density at radius 2 is 1.78 bits per heavy atom. The third-order valence-electron chi connectivity index (χ3n) is 3.95. The van der Waals surface area contributed by atoms with Crippen molar-refractivity contribution >= 4 is 11.6 Å². The van der Waals surface area contributed by atoms with Crippen molar-refractivity contribution in [1.82, 2.24) is 9.97 Å². The molecule has 3 aromatic rings. The number of pyridine rings is 2. The quantitative estimate of drug-likeness (QED) is 0.626. The van der Waals surface area contributed by atoms with Crippen LogP contribution in [0.3, 0.4) is 0 Å². The lowest BCUT2D eigenvalue weighted by atomic mass is 10.0. The zero-order valence-electron chi connectivity index (χ0n) is 14.3. The Kier molecular flexibility index (Phi) is 4.98. The van der Waals surface area contributed by atoms with Crippen molar-refractivity contribution in [1.29, 1.82) is 0 Å². The summed E-state index contributed by atoms with van der Waals surface area (Å²) in [6.45, 7) is 3.34. The molecule has 0 fully saturated rings. The SMILES string of the molecule is Cc1[nH]c(C)c(-c2c[nH]c(C#Cc3ccc(F)cc3F)cc2=O)c(=O)c1Cl. The van der Waals surface area contributed by atoms with E-state index in [4.69, 9.17) is 11.6 Å². The predicted octanol–water partition coefficient (Wildman–Crippen LogP) is 3.68. The lowest BCUT2D eigenvalue weighted by molar-refractivity contribution is 0.581. The second-order valence-electron chi connectivity index (χ2n) is 5.89. The zero-order chi connectivity index (χ0) is 19.7. The lowest BCUT2D eigenvalue weighted by Gasteiger charge is -2.08. The molecule has 2 heterocycles. The molecule has 0 unspecified atom stereocenters. The monoisotopic (exact) mass is 386 g/mol. The smallest absolute Gasteiger partial charge is 0.208 e. The van der Waals surface area contributed by atoms with Gasteiger partial charge in [0.25, 0.3) is 0 Å². The van der Waals surface area contributed by atoms with Crippen LogP contribution in [0.4, 0.5) is 8.78 Å². The number of halogens is 3. The summed E-state index contributed by atoms with van der Waals surface area (Å²) in [6.07, 6.45) is 1.36. The first kappa shape index (κ1) is 18.6. The van der Waals surface area contributed by atoms with Crippen LogP contribution < -0.4 is 10.9 Å². The standard InChI is InChI=1S/C20H13ClF2N2O2/c1-10-18(20(27)19(21)11(2)25-10)15-9-24-14(8-17(15)26)6-4-12-3-5-13(22)7-16(12)23/h3,5,7-9H,1-2H3,(H,24,26)(H,25,27). The van der Waals surface area contributed by atoms with Crippen molar-refractivity contribution < 1.29 is 8.78 Å². The molecule has 0 aliphatic carbocycles. The molecule has 0 bridgehead atoms. The van der Waals surface area contributed by atoms with Gasteiger partial charge in [-0.15, -0.1) is 0 Å². The molecule has 27 heavy (non-hydrogen) atoms. The summed E-state index contributed by atoms with van der Waals surface area (Å²) in [6, 6.07) is 4.24. The van der Waals surface area contributed by atoms with Crippen LogP contribution in [0.5, 0.6) is 0 Å². The zero-order valence-corrected chi connectivity index (χ0v) is 15.1. The molecule has 136 valence electrons. The van der Waals surface area contributed by atoms with E-state index in [0.717, 1.165) is 12.1 Å². The summed E-state index contributed by atoms with van der Waals surface area (Å²) in [4.78, 5) is 30.6. The van der Waals surface area contributed by atoms with E-state index in [1.165, 1.54) is 18.3 Å². The number of aromatic amines is 2. The summed E-state index contributed by atoms with van der Waals surface area (Å²) in [5, 5.41) is 0.0191. The fraction of sp³-hybridized carbons (Fsp3) is 0.100. The van der Waals surface area contributed by atoms with Crippen LogP contribution in [0.25, 0.3) is 11.1 Å². The fourth-order valence-electron chi connectivity index (χ4n) is 2.64. The summed E-state index contributed by atoms with van der Waals surface area (Å²) in [5.74, 6) is 3.65. The van der Waals surface area contributed by atoms with Crippen LogP contribution in [0.15, 0.2) is 40.1 Å². The molecule has 2 aromatic heterocycles. The highest BCUT2D eigenvalue weighted by molar-refractivity contribution is 6.31. The summed E-state index contributed by atoms with van der Waals surface area (Å²) in [7, 11) is 0. The highest BCUT2D eigenvalue weighted by atomic mass is 35.5. The molecule has 0 spiro atoms. The van der Waals surface area contributed by atoms with Crippen molar-refractivity contribution in [2.24, 2.45) is 0 Å². The molecular weight excluding hydrogens is 374 g/mol. The molecule has 0 aliphatic heterocycles. The third kappa shape index (κ3) is 3.69. The first-order valence-electron chi connectivity index (χ1n) is 7.87. The average molecular weight is 387 g/mol. The van der Waals surface area contributed by atoms with Gasteiger partial charge in [0.1, 0.15) is 16.7 Å². The second-order valence-corrected chi connectivity index (χ2v) is 6.27. The Morgan fingerprint density at radius 3 is 2.44 bits per heavy atom. The molecule has 3 rings (SSSR count). The van der Waals surface area contributed by atoms with Crippen LogP contribution in [0, 0.1) is 37.3 Å². The van der Waals surface area contributed by atoms with Crippen molar-refractivity contribution in [3.05, 3.63) is 90.2 Å². The van der Waals surface area contributed by atoms with Gasteiger partial charge in [0.15, 0.2) is 5.43 Å². The second kappa shape index (κ2) is 7.22. The van der Waals surface area contributed by atoms with Crippen molar-refractivity contribution in [3.8, 4) is 23.0 Å². The first-order valence-corrected chi connectivity index (χ1v) is 8.25. The van der Waals surface area contributed by atoms with Crippen LogP contribution in [0.1, 0.15) is 22.6 Å². The van der Waals surface area contributed by atoms with E-state index in [1.807, 2.05) is 0 Å². The molecule has 4 nitrogen and oxygen atoms in total. The molecule has 2 N–H and O–H groups in total. The summed E-state index contributed by atoms with van der Waals surface area (Å²) in [5.41, 5.74) is 0.695. The van der Waals surface area contributed by atoms with Crippen LogP contribution in [-0.2, 0) is 0 Å². The van der Waals surface area contributed by atoms with Crippen molar-refractivity contribution in [2.45, 2.75) is 13.8 Å². The van der Waals surface area contributed by atoms with Crippen molar-refractivity contribution in [3.63, 3.8) is 0 Å². The first-order chi connectivity index (χ1) is 12.8. The number of rotatable bonds is 1. The molecule has 0 saturated heterocycles. The molecule has 0 amide bonds. The van der Waals surface area contributed by atoms with E-state index < -0.39 is 22.5 Å². The number of aromatic nitrogens is 2. The lowest BCUT2D eigenvalue weighted by Crippen LogP contribution is -2.17.